The van der Waals surface area contributed by atoms with Crippen molar-refractivity contribution >= 4 is 34.5 Å². The van der Waals surface area contributed by atoms with Gasteiger partial charge in [-0.1, -0.05) is 18.2 Å². The van der Waals surface area contributed by atoms with Crippen LogP contribution in [0.5, 0.6) is 0 Å². The Labute approximate surface area is 211 Å². The third-order valence-electron chi connectivity index (χ3n) is 6.23. The summed E-state index contributed by atoms with van der Waals surface area (Å²) in [5.41, 5.74) is 3.21. The molecule has 3 aromatic rings. The number of rotatable bonds is 7. The number of hydrogen-bond acceptors (Lipinski definition) is 5. The maximum Gasteiger partial charge on any atom is 0.246 e. The highest BCUT2D eigenvalue weighted by molar-refractivity contribution is 6.00. The van der Waals surface area contributed by atoms with Crippen molar-refractivity contribution in [3.05, 3.63) is 77.7 Å². The van der Waals surface area contributed by atoms with Crippen molar-refractivity contribution in [3.63, 3.8) is 0 Å². The van der Waals surface area contributed by atoms with Gasteiger partial charge in [0, 0.05) is 61.1 Å². The maximum absolute atomic E-state index is 13.2. The summed E-state index contributed by atoms with van der Waals surface area (Å²) in [5.74, 6) is -0.442. The highest BCUT2D eigenvalue weighted by atomic mass is 19.1. The Morgan fingerprint density at radius 2 is 1.94 bits per heavy atom. The van der Waals surface area contributed by atoms with E-state index in [9.17, 15) is 14.0 Å². The van der Waals surface area contributed by atoms with Crippen LogP contribution in [-0.2, 0) is 16.1 Å². The molecule has 2 amide bonds. The number of likely N-dealkylation sites (N-methyl/N-ethyl adjacent to an activating group) is 1. The monoisotopic (exact) mass is 489 g/mol. The molecule has 0 spiro atoms. The number of aromatic nitrogens is 1. The molecule has 1 aliphatic heterocycles. The Morgan fingerprint density at radius 1 is 1.17 bits per heavy atom. The van der Waals surface area contributed by atoms with E-state index in [-0.39, 0.29) is 30.2 Å². The molecule has 1 aromatic heterocycles. The van der Waals surface area contributed by atoms with Crippen LogP contribution < -0.4 is 5.32 Å². The zero-order valence-corrected chi connectivity index (χ0v) is 20.9. The molecule has 36 heavy (non-hydrogen) atoms. The summed E-state index contributed by atoms with van der Waals surface area (Å²) in [6, 6.07) is 14.1. The van der Waals surface area contributed by atoms with E-state index in [1.807, 2.05) is 50.2 Å². The van der Waals surface area contributed by atoms with E-state index < -0.39 is 0 Å². The number of amides is 2. The number of halogens is 1. The second-order valence-corrected chi connectivity index (χ2v) is 9.50. The molecule has 1 aliphatic rings. The number of anilines is 1. The standard InChI is InChI=1S/C28H32FN5O2/c1-20-17-33(18-21-6-9-24(29)10-7-21)13-14-34(20)28(36)11-8-23-15-25-22(5-4-12-30-25)16-26(23)31-27(35)19-32(2)3/h4-12,15-16,20H,13-14,17-19H2,1-3H3,(H,31,35). The van der Waals surface area contributed by atoms with Crippen LogP contribution >= 0.6 is 0 Å². The number of carbonyl (C=O) groups is 2. The third kappa shape index (κ3) is 6.53. The maximum atomic E-state index is 13.2. The van der Waals surface area contributed by atoms with Crippen LogP contribution in [0.2, 0.25) is 0 Å². The number of fused-ring (bicyclic) bond motifs is 1. The lowest BCUT2D eigenvalue weighted by atomic mass is 10.1. The lowest BCUT2D eigenvalue weighted by Gasteiger charge is -2.39. The van der Waals surface area contributed by atoms with Gasteiger partial charge in [0.05, 0.1) is 12.1 Å². The Kier molecular flexibility index (Phi) is 8.07. The fourth-order valence-corrected chi connectivity index (χ4v) is 4.47. The molecule has 0 aliphatic carbocycles. The van der Waals surface area contributed by atoms with Crippen molar-refractivity contribution in [2.75, 3.05) is 45.6 Å². The highest BCUT2D eigenvalue weighted by Crippen LogP contribution is 2.25. The van der Waals surface area contributed by atoms with Crippen molar-refractivity contribution in [1.82, 2.24) is 19.7 Å². The molecule has 4 rings (SSSR count). The van der Waals surface area contributed by atoms with E-state index in [2.05, 4.69) is 15.2 Å². The lowest BCUT2D eigenvalue weighted by Crippen LogP contribution is -2.53. The molecule has 1 fully saturated rings. The molecule has 1 saturated heterocycles. The topological polar surface area (TPSA) is 68.8 Å². The van der Waals surface area contributed by atoms with Crippen LogP contribution in [0.4, 0.5) is 10.1 Å². The number of pyridine rings is 1. The summed E-state index contributed by atoms with van der Waals surface area (Å²) in [7, 11) is 3.67. The van der Waals surface area contributed by atoms with Crippen LogP contribution in [0.25, 0.3) is 17.0 Å². The number of nitrogens with one attached hydrogen (secondary N) is 1. The molecular weight excluding hydrogens is 457 g/mol. The van der Waals surface area contributed by atoms with Gasteiger partial charge in [-0.05, 0) is 63.0 Å². The molecule has 1 atom stereocenters. The van der Waals surface area contributed by atoms with E-state index in [1.165, 1.54) is 12.1 Å². The molecule has 7 nitrogen and oxygen atoms in total. The fraction of sp³-hybridized carbons (Fsp3) is 0.321. The van der Waals surface area contributed by atoms with E-state index in [0.717, 1.165) is 41.7 Å². The molecule has 1 unspecified atom stereocenters. The van der Waals surface area contributed by atoms with Gasteiger partial charge in [-0.15, -0.1) is 0 Å². The van der Waals surface area contributed by atoms with Crippen molar-refractivity contribution in [1.29, 1.82) is 0 Å². The van der Waals surface area contributed by atoms with E-state index in [4.69, 9.17) is 0 Å². The zero-order chi connectivity index (χ0) is 25.7. The minimum Gasteiger partial charge on any atom is -0.334 e. The van der Waals surface area contributed by atoms with Gasteiger partial charge in [0.15, 0.2) is 0 Å². The van der Waals surface area contributed by atoms with Gasteiger partial charge in [0.25, 0.3) is 0 Å². The van der Waals surface area contributed by atoms with Gasteiger partial charge in [0.1, 0.15) is 5.82 Å². The molecule has 2 aromatic carbocycles. The van der Waals surface area contributed by atoms with Crippen LogP contribution in [0.15, 0.2) is 60.8 Å². The molecular formula is C28H32FN5O2. The van der Waals surface area contributed by atoms with Crippen molar-refractivity contribution in [3.8, 4) is 0 Å². The average molecular weight is 490 g/mol. The fourth-order valence-electron chi connectivity index (χ4n) is 4.47. The second-order valence-electron chi connectivity index (χ2n) is 9.50. The largest absolute Gasteiger partial charge is 0.334 e. The molecule has 0 bridgehead atoms. The third-order valence-corrected chi connectivity index (χ3v) is 6.23. The number of piperazine rings is 1. The van der Waals surface area contributed by atoms with Crippen molar-refractivity contribution in [2.45, 2.75) is 19.5 Å². The first-order valence-electron chi connectivity index (χ1n) is 12.1. The smallest absolute Gasteiger partial charge is 0.246 e. The van der Waals surface area contributed by atoms with E-state index >= 15 is 0 Å². The minimum absolute atomic E-state index is 0.0360. The summed E-state index contributed by atoms with van der Waals surface area (Å²) in [5, 5.41) is 3.87. The first-order valence-corrected chi connectivity index (χ1v) is 12.1. The second kappa shape index (κ2) is 11.4. The minimum atomic E-state index is -0.239. The Balaban J connectivity index is 1.45. The predicted molar refractivity (Wildman–Crippen MR) is 141 cm³/mol. The molecule has 0 radical (unpaired) electrons. The van der Waals surface area contributed by atoms with Gasteiger partial charge in [-0.2, -0.15) is 0 Å². The van der Waals surface area contributed by atoms with Gasteiger partial charge < -0.3 is 15.1 Å². The number of hydrogen-bond donors (Lipinski definition) is 1. The van der Waals surface area contributed by atoms with Gasteiger partial charge in [0.2, 0.25) is 11.8 Å². The highest BCUT2D eigenvalue weighted by Gasteiger charge is 2.26. The molecule has 188 valence electrons. The van der Waals surface area contributed by atoms with Crippen LogP contribution in [0, 0.1) is 5.82 Å². The number of benzene rings is 2. The summed E-state index contributed by atoms with van der Waals surface area (Å²) in [4.78, 5) is 35.9. The summed E-state index contributed by atoms with van der Waals surface area (Å²) >= 11 is 0. The first-order chi connectivity index (χ1) is 17.3. The van der Waals surface area contributed by atoms with E-state index in [0.29, 0.717) is 12.2 Å². The van der Waals surface area contributed by atoms with Crippen molar-refractivity contribution < 1.29 is 14.0 Å². The SMILES string of the molecule is CC1CN(Cc2ccc(F)cc2)CCN1C(=O)C=Cc1cc2ncccc2cc1NC(=O)CN(C)C. The van der Waals surface area contributed by atoms with Gasteiger partial charge in [-0.25, -0.2) is 4.39 Å². The van der Waals surface area contributed by atoms with Gasteiger partial charge in [-0.3, -0.25) is 19.5 Å². The van der Waals surface area contributed by atoms with Crippen molar-refractivity contribution in [2.24, 2.45) is 0 Å². The zero-order valence-electron chi connectivity index (χ0n) is 20.9. The number of carbonyl (C=O) groups excluding carboxylic acids is 2. The first kappa shape index (κ1) is 25.5. The molecule has 2 heterocycles. The molecule has 8 heteroatoms. The number of nitrogens with zero attached hydrogens (tertiary/aromatic N) is 4. The average Bonchev–Trinajstić information content (AvgIpc) is 2.83. The lowest BCUT2D eigenvalue weighted by molar-refractivity contribution is -0.130. The Hall–Kier alpha value is -3.62. The van der Waals surface area contributed by atoms with Crippen LogP contribution in [-0.4, -0.2) is 77.8 Å². The van der Waals surface area contributed by atoms with Crippen LogP contribution in [0.3, 0.4) is 0 Å². The van der Waals surface area contributed by atoms with E-state index in [1.54, 1.807) is 35.4 Å². The Morgan fingerprint density at radius 3 is 2.67 bits per heavy atom. The van der Waals surface area contributed by atoms with Gasteiger partial charge >= 0.3 is 0 Å². The quantitative estimate of drug-likeness (QED) is 0.514. The summed E-state index contributed by atoms with van der Waals surface area (Å²) in [6.07, 6.45) is 5.04. The molecule has 0 saturated carbocycles. The predicted octanol–water partition coefficient (Wildman–Crippen LogP) is 3.62. The summed E-state index contributed by atoms with van der Waals surface area (Å²) in [6.45, 7) is 5.11. The molecule has 1 N–H and O–H groups in total. The van der Waals surface area contributed by atoms with Crippen LogP contribution in [0.1, 0.15) is 18.1 Å². The Bertz CT molecular complexity index is 1260. The normalized spacial score (nSPS) is 16.7. The summed E-state index contributed by atoms with van der Waals surface area (Å²) < 4.78 is 13.2.